The molecule has 2 amide bonds. The maximum absolute atomic E-state index is 13.0. The summed E-state index contributed by atoms with van der Waals surface area (Å²) in [5, 5.41) is 11.8. The van der Waals surface area contributed by atoms with Gasteiger partial charge in [0.25, 0.3) is 0 Å². The highest BCUT2D eigenvalue weighted by molar-refractivity contribution is 5.97. The molecule has 1 aromatic heterocycles. The second kappa shape index (κ2) is 8.69. The molecule has 1 atom stereocenters. The Balaban J connectivity index is 1.48. The third-order valence-corrected chi connectivity index (χ3v) is 5.68. The lowest BCUT2D eigenvalue weighted by Gasteiger charge is -2.28. The van der Waals surface area contributed by atoms with Gasteiger partial charge in [0, 0.05) is 30.8 Å². The zero-order valence-corrected chi connectivity index (χ0v) is 18.6. The van der Waals surface area contributed by atoms with E-state index in [9.17, 15) is 9.59 Å². The zero-order chi connectivity index (χ0) is 22.0. The predicted molar refractivity (Wildman–Crippen MR) is 118 cm³/mol. The predicted octanol–water partition coefficient (Wildman–Crippen LogP) is 4.01. The van der Waals surface area contributed by atoms with Crippen LogP contribution in [0.25, 0.3) is 11.4 Å². The van der Waals surface area contributed by atoms with E-state index in [0.717, 1.165) is 49.4 Å². The number of hydrogen-bond acceptors (Lipinski definition) is 5. The Morgan fingerprint density at radius 1 is 1.10 bits per heavy atom. The first-order valence-electron chi connectivity index (χ1n) is 11.1. The van der Waals surface area contributed by atoms with Gasteiger partial charge in [-0.25, -0.2) is 4.79 Å². The number of carbonyl (C=O) groups is 2. The molecule has 0 aliphatic carbocycles. The second-order valence-corrected chi connectivity index (χ2v) is 9.30. The van der Waals surface area contributed by atoms with Crippen molar-refractivity contribution in [1.82, 2.24) is 19.7 Å². The average Bonchev–Trinajstić information content (AvgIpc) is 3.29. The summed E-state index contributed by atoms with van der Waals surface area (Å²) in [7, 11) is 0. The number of carbonyl (C=O) groups excluding carboxylic acids is 2. The molecule has 0 spiro atoms. The molecule has 8 nitrogen and oxygen atoms in total. The molecule has 1 N–H and O–H groups in total. The molecule has 3 heterocycles. The van der Waals surface area contributed by atoms with Gasteiger partial charge in [0.1, 0.15) is 17.5 Å². The van der Waals surface area contributed by atoms with Crippen LogP contribution in [0.2, 0.25) is 0 Å². The SMILES string of the molecule is CC(C)(C)OC(=O)N1CCC[C@H]1C(=O)Nc1cccc(-c2nnc3n2CCCCC3)c1. The zero-order valence-electron chi connectivity index (χ0n) is 18.6. The number of amides is 2. The molecule has 0 bridgehead atoms. The molecule has 166 valence electrons. The topological polar surface area (TPSA) is 89.3 Å². The first kappa shape index (κ1) is 21.3. The molecular weight excluding hydrogens is 394 g/mol. The normalized spacial score (nSPS) is 18.9. The van der Waals surface area contributed by atoms with Crippen molar-refractivity contribution in [3.05, 3.63) is 30.1 Å². The Hall–Kier alpha value is -2.90. The van der Waals surface area contributed by atoms with Gasteiger partial charge in [0.05, 0.1) is 0 Å². The summed E-state index contributed by atoms with van der Waals surface area (Å²) in [6.45, 7) is 6.92. The van der Waals surface area contributed by atoms with Gasteiger partial charge in [0.2, 0.25) is 5.91 Å². The van der Waals surface area contributed by atoms with Crippen molar-refractivity contribution in [2.45, 2.75) is 77.5 Å². The van der Waals surface area contributed by atoms with Crippen LogP contribution in [0.4, 0.5) is 10.5 Å². The summed E-state index contributed by atoms with van der Waals surface area (Å²) < 4.78 is 7.66. The fourth-order valence-electron chi connectivity index (χ4n) is 4.24. The molecule has 2 aliphatic rings. The van der Waals surface area contributed by atoms with Gasteiger partial charge in [-0.05, 0) is 58.6 Å². The van der Waals surface area contributed by atoms with Crippen LogP contribution < -0.4 is 5.32 Å². The van der Waals surface area contributed by atoms with E-state index in [-0.39, 0.29) is 5.91 Å². The number of likely N-dealkylation sites (tertiary alicyclic amines) is 1. The van der Waals surface area contributed by atoms with E-state index in [4.69, 9.17) is 4.74 Å². The van der Waals surface area contributed by atoms with Crippen molar-refractivity contribution < 1.29 is 14.3 Å². The van der Waals surface area contributed by atoms with Gasteiger partial charge in [-0.3, -0.25) is 9.69 Å². The summed E-state index contributed by atoms with van der Waals surface area (Å²) in [6.07, 6.45) is 5.39. The molecule has 0 saturated carbocycles. The second-order valence-electron chi connectivity index (χ2n) is 9.30. The average molecular weight is 426 g/mol. The summed E-state index contributed by atoms with van der Waals surface area (Å²) in [5.41, 5.74) is 1.02. The van der Waals surface area contributed by atoms with Gasteiger partial charge < -0.3 is 14.6 Å². The molecule has 0 radical (unpaired) electrons. The van der Waals surface area contributed by atoms with Gasteiger partial charge in [0.15, 0.2) is 5.82 Å². The number of anilines is 1. The number of benzene rings is 1. The maximum atomic E-state index is 13.0. The summed E-state index contributed by atoms with van der Waals surface area (Å²) in [5.74, 6) is 1.67. The first-order valence-corrected chi connectivity index (χ1v) is 11.1. The third-order valence-electron chi connectivity index (χ3n) is 5.68. The van der Waals surface area contributed by atoms with Crippen molar-refractivity contribution in [1.29, 1.82) is 0 Å². The summed E-state index contributed by atoms with van der Waals surface area (Å²) in [6, 6.07) is 7.15. The molecule has 1 saturated heterocycles. The number of nitrogens with zero attached hydrogens (tertiary/aromatic N) is 4. The number of aromatic nitrogens is 3. The molecule has 1 fully saturated rings. The largest absolute Gasteiger partial charge is 0.444 e. The number of ether oxygens (including phenoxy) is 1. The Morgan fingerprint density at radius 3 is 2.74 bits per heavy atom. The van der Waals surface area contributed by atoms with E-state index in [1.807, 2.05) is 45.0 Å². The van der Waals surface area contributed by atoms with Crippen molar-refractivity contribution >= 4 is 17.7 Å². The fraction of sp³-hybridized carbons (Fsp3) is 0.565. The van der Waals surface area contributed by atoms with Crippen molar-refractivity contribution in [2.75, 3.05) is 11.9 Å². The molecule has 31 heavy (non-hydrogen) atoms. The van der Waals surface area contributed by atoms with E-state index >= 15 is 0 Å². The third kappa shape index (κ3) is 4.89. The van der Waals surface area contributed by atoms with Gasteiger partial charge in [-0.2, -0.15) is 0 Å². The van der Waals surface area contributed by atoms with E-state index in [0.29, 0.717) is 18.7 Å². The molecule has 2 aliphatic heterocycles. The molecular formula is C23H31N5O3. The van der Waals surface area contributed by atoms with Crippen molar-refractivity contribution in [3.63, 3.8) is 0 Å². The lowest BCUT2D eigenvalue weighted by Crippen LogP contribution is -2.45. The highest BCUT2D eigenvalue weighted by Crippen LogP contribution is 2.26. The number of hydrogen-bond donors (Lipinski definition) is 1. The smallest absolute Gasteiger partial charge is 0.410 e. The van der Waals surface area contributed by atoms with Crippen LogP contribution in [0.3, 0.4) is 0 Å². The number of aryl methyl sites for hydroxylation is 1. The Morgan fingerprint density at radius 2 is 1.94 bits per heavy atom. The maximum Gasteiger partial charge on any atom is 0.410 e. The molecule has 2 aromatic rings. The van der Waals surface area contributed by atoms with E-state index in [1.54, 1.807) is 0 Å². The quantitative estimate of drug-likeness (QED) is 0.803. The number of nitrogens with one attached hydrogen (secondary N) is 1. The fourth-order valence-corrected chi connectivity index (χ4v) is 4.24. The Labute approximate surface area is 183 Å². The number of rotatable bonds is 3. The van der Waals surface area contributed by atoms with Gasteiger partial charge in [-0.15, -0.1) is 10.2 Å². The molecule has 1 aromatic carbocycles. The lowest BCUT2D eigenvalue weighted by atomic mass is 10.1. The highest BCUT2D eigenvalue weighted by Gasteiger charge is 2.36. The van der Waals surface area contributed by atoms with Gasteiger partial charge >= 0.3 is 6.09 Å². The van der Waals surface area contributed by atoms with E-state index in [1.165, 1.54) is 11.3 Å². The van der Waals surface area contributed by atoms with Gasteiger partial charge in [-0.1, -0.05) is 18.6 Å². The molecule has 0 unspecified atom stereocenters. The Bertz CT molecular complexity index is 962. The highest BCUT2D eigenvalue weighted by atomic mass is 16.6. The number of fused-ring (bicyclic) bond motifs is 1. The van der Waals surface area contributed by atoms with Crippen LogP contribution in [0.5, 0.6) is 0 Å². The van der Waals surface area contributed by atoms with E-state index < -0.39 is 17.7 Å². The van der Waals surface area contributed by atoms with Crippen LogP contribution in [-0.4, -0.2) is 49.9 Å². The minimum Gasteiger partial charge on any atom is -0.444 e. The minimum absolute atomic E-state index is 0.194. The lowest BCUT2D eigenvalue weighted by molar-refractivity contribution is -0.120. The van der Waals surface area contributed by atoms with Crippen LogP contribution in [0.1, 0.15) is 58.7 Å². The van der Waals surface area contributed by atoms with Crippen LogP contribution in [-0.2, 0) is 22.5 Å². The monoisotopic (exact) mass is 425 g/mol. The van der Waals surface area contributed by atoms with Crippen LogP contribution >= 0.6 is 0 Å². The molecule has 4 rings (SSSR count). The Kier molecular flexibility index (Phi) is 5.98. The van der Waals surface area contributed by atoms with Crippen molar-refractivity contribution in [3.8, 4) is 11.4 Å². The van der Waals surface area contributed by atoms with Crippen molar-refractivity contribution in [2.24, 2.45) is 0 Å². The molecule has 8 heteroatoms. The minimum atomic E-state index is -0.592. The van der Waals surface area contributed by atoms with E-state index in [2.05, 4.69) is 20.1 Å². The summed E-state index contributed by atoms with van der Waals surface area (Å²) >= 11 is 0. The first-order chi connectivity index (χ1) is 14.8. The van der Waals surface area contributed by atoms with Crippen LogP contribution in [0.15, 0.2) is 24.3 Å². The summed E-state index contributed by atoms with van der Waals surface area (Å²) in [4.78, 5) is 27.0. The standard InChI is InChI=1S/C23H31N5O3/c1-23(2,3)31-22(30)27-14-8-11-18(27)21(29)24-17-10-7-9-16(15-17)20-26-25-19-12-5-4-6-13-28(19)20/h7,9-10,15,18H,4-6,8,11-14H2,1-3H3,(H,24,29)/t18-/m0/s1. The van der Waals surface area contributed by atoms with Crippen LogP contribution in [0, 0.1) is 0 Å².